The molecule has 0 heterocycles. The van der Waals surface area contributed by atoms with Gasteiger partial charge in [-0.25, -0.2) is 4.79 Å². The van der Waals surface area contributed by atoms with E-state index in [4.69, 9.17) is 11.6 Å². The summed E-state index contributed by atoms with van der Waals surface area (Å²) in [4.78, 5) is 39.3. The molecule has 34 heavy (non-hydrogen) atoms. The molecule has 1 aliphatic rings. The lowest BCUT2D eigenvalue weighted by Gasteiger charge is -2.45. The first-order valence-corrected chi connectivity index (χ1v) is 12.2. The summed E-state index contributed by atoms with van der Waals surface area (Å²) >= 11 is 5.96. The van der Waals surface area contributed by atoms with Gasteiger partial charge in [-0.2, -0.15) is 0 Å². The van der Waals surface area contributed by atoms with Crippen molar-refractivity contribution in [1.82, 2.24) is 15.5 Å². The molecule has 1 saturated carbocycles. The highest BCUT2D eigenvalue weighted by atomic mass is 35.5. The first-order chi connectivity index (χ1) is 15.9. The van der Waals surface area contributed by atoms with Crippen molar-refractivity contribution >= 4 is 29.5 Å². The fourth-order valence-electron chi connectivity index (χ4n) is 4.84. The molecule has 1 fully saturated rings. The van der Waals surface area contributed by atoms with Crippen LogP contribution in [0.3, 0.4) is 0 Å². The molecule has 0 bridgehead atoms. The molecule has 2 rings (SSSR count). The molecule has 3 N–H and O–H groups in total. The van der Waals surface area contributed by atoms with Crippen molar-refractivity contribution in [2.45, 2.75) is 89.9 Å². The molecule has 8 heteroatoms. The molecule has 0 saturated heterocycles. The van der Waals surface area contributed by atoms with Crippen LogP contribution in [0.5, 0.6) is 0 Å². The Kier molecular flexibility index (Phi) is 9.56. The van der Waals surface area contributed by atoms with Crippen LogP contribution >= 0.6 is 11.6 Å². The monoisotopic (exact) mass is 491 g/mol. The SMILES string of the molecule is C=CCC[C@@](NC(C)=O)(C(=O)NC(C)(C)C)C1CCC(N(Cc2ccc(Cl)cc2)C(=O)O)CC1. The van der Waals surface area contributed by atoms with E-state index in [0.29, 0.717) is 43.5 Å². The summed E-state index contributed by atoms with van der Waals surface area (Å²) in [5.41, 5.74) is -0.648. The Labute approximate surface area is 207 Å². The average Bonchev–Trinajstić information content (AvgIpc) is 2.74. The largest absolute Gasteiger partial charge is 0.465 e. The molecule has 188 valence electrons. The highest BCUT2D eigenvalue weighted by Crippen LogP contribution is 2.38. The van der Waals surface area contributed by atoms with Crippen LogP contribution in [0.2, 0.25) is 5.02 Å². The van der Waals surface area contributed by atoms with Crippen molar-refractivity contribution < 1.29 is 19.5 Å². The van der Waals surface area contributed by atoms with E-state index in [1.165, 1.54) is 11.8 Å². The van der Waals surface area contributed by atoms with Crippen LogP contribution < -0.4 is 10.6 Å². The second-order valence-electron chi connectivity index (χ2n) is 10.2. The van der Waals surface area contributed by atoms with Gasteiger partial charge in [0.15, 0.2) is 0 Å². The molecule has 0 aromatic heterocycles. The van der Waals surface area contributed by atoms with Gasteiger partial charge >= 0.3 is 6.09 Å². The van der Waals surface area contributed by atoms with Gasteiger partial charge in [0, 0.05) is 30.1 Å². The normalized spacial score (nSPS) is 20.0. The number of rotatable bonds is 9. The van der Waals surface area contributed by atoms with Crippen LogP contribution in [-0.2, 0) is 16.1 Å². The zero-order valence-electron chi connectivity index (χ0n) is 20.7. The number of carbonyl (C=O) groups excluding carboxylic acids is 2. The maximum atomic E-state index is 13.5. The van der Waals surface area contributed by atoms with Crippen LogP contribution in [0.1, 0.15) is 71.8 Å². The Morgan fingerprint density at radius 2 is 1.71 bits per heavy atom. The number of hydrogen-bond acceptors (Lipinski definition) is 3. The Bertz CT molecular complexity index is 873. The summed E-state index contributed by atoms with van der Waals surface area (Å²) in [6.45, 7) is 11.2. The lowest BCUT2D eigenvalue weighted by Crippen LogP contribution is -2.65. The highest BCUT2D eigenvalue weighted by Gasteiger charge is 2.48. The Morgan fingerprint density at radius 1 is 1.12 bits per heavy atom. The molecule has 0 aliphatic heterocycles. The Balaban J connectivity index is 2.24. The van der Waals surface area contributed by atoms with Crippen molar-refractivity contribution in [2.75, 3.05) is 0 Å². The first kappa shape index (κ1) is 27.7. The van der Waals surface area contributed by atoms with Crippen molar-refractivity contribution in [3.05, 3.63) is 47.5 Å². The number of nitrogens with zero attached hydrogens (tertiary/aromatic N) is 1. The summed E-state index contributed by atoms with van der Waals surface area (Å²) in [6, 6.07) is 7.01. The van der Waals surface area contributed by atoms with E-state index in [1.54, 1.807) is 18.2 Å². The smallest absolute Gasteiger partial charge is 0.407 e. The van der Waals surface area contributed by atoms with Gasteiger partial charge in [0.2, 0.25) is 11.8 Å². The van der Waals surface area contributed by atoms with E-state index in [-0.39, 0.29) is 30.3 Å². The molecule has 0 spiro atoms. The van der Waals surface area contributed by atoms with Crippen molar-refractivity contribution in [2.24, 2.45) is 5.92 Å². The van der Waals surface area contributed by atoms with Gasteiger partial charge < -0.3 is 20.6 Å². The predicted octanol–water partition coefficient (Wildman–Crippen LogP) is 5.13. The summed E-state index contributed by atoms with van der Waals surface area (Å²) in [6.07, 6.45) is 4.30. The lowest BCUT2D eigenvalue weighted by atomic mass is 9.70. The van der Waals surface area contributed by atoms with E-state index in [9.17, 15) is 19.5 Å². The van der Waals surface area contributed by atoms with E-state index in [1.807, 2.05) is 32.9 Å². The van der Waals surface area contributed by atoms with Crippen LogP contribution in [-0.4, -0.2) is 45.0 Å². The zero-order chi connectivity index (χ0) is 25.5. The summed E-state index contributed by atoms with van der Waals surface area (Å²) in [7, 11) is 0. The minimum atomic E-state index is -1.07. The van der Waals surface area contributed by atoms with Gasteiger partial charge in [-0.15, -0.1) is 6.58 Å². The van der Waals surface area contributed by atoms with Gasteiger partial charge in [0.1, 0.15) is 5.54 Å². The fourth-order valence-corrected chi connectivity index (χ4v) is 4.97. The third kappa shape index (κ3) is 7.49. The first-order valence-electron chi connectivity index (χ1n) is 11.8. The van der Waals surface area contributed by atoms with Gasteiger partial charge in [-0.1, -0.05) is 29.8 Å². The molecule has 7 nitrogen and oxygen atoms in total. The zero-order valence-corrected chi connectivity index (χ0v) is 21.5. The van der Waals surface area contributed by atoms with E-state index < -0.39 is 17.2 Å². The predicted molar refractivity (Wildman–Crippen MR) is 135 cm³/mol. The summed E-state index contributed by atoms with van der Waals surface area (Å²) in [5, 5.41) is 16.5. The van der Waals surface area contributed by atoms with Crippen LogP contribution in [0.4, 0.5) is 4.79 Å². The molecule has 1 aromatic carbocycles. The lowest BCUT2D eigenvalue weighted by molar-refractivity contribution is -0.138. The molecular formula is C26H38ClN3O4. The molecule has 0 radical (unpaired) electrons. The third-order valence-corrected chi connectivity index (χ3v) is 6.63. The number of carbonyl (C=O) groups is 3. The Hall–Kier alpha value is -2.54. The number of hydrogen-bond donors (Lipinski definition) is 3. The quantitative estimate of drug-likeness (QED) is 0.417. The standard InChI is InChI=1S/C26H38ClN3O4/c1-6-7-16-26(28-18(2)31,23(32)29-25(3,4)5)20-10-14-22(15-11-20)30(24(33)34)17-19-8-12-21(27)13-9-19/h6,8-9,12-13,20,22H,1,7,10-11,14-17H2,2-5H3,(H,28,31)(H,29,32)(H,33,34)/t20?,22?,26-/m0/s1. The summed E-state index contributed by atoms with van der Waals surface area (Å²) < 4.78 is 0. The number of halogens is 1. The van der Waals surface area contributed by atoms with Gasteiger partial charge in [-0.3, -0.25) is 9.59 Å². The van der Waals surface area contributed by atoms with Crippen LogP contribution in [0.25, 0.3) is 0 Å². The van der Waals surface area contributed by atoms with E-state index in [2.05, 4.69) is 17.2 Å². The number of benzene rings is 1. The molecule has 3 amide bonds. The third-order valence-electron chi connectivity index (χ3n) is 6.38. The minimum absolute atomic E-state index is 0.110. The molecule has 1 aromatic rings. The highest BCUT2D eigenvalue weighted by molar-refractivity contribution is 6.30. The van der Waals surface area contributed by atoms with Crippen molar-refractivity contribution in [3.63, 3.8) is 0 Å². The summed E-state index contributed by atoms with van der Waals surface area (Å²) in [5.74, 6) is -0.567. The Morgan fingerprint density at radius 3 is 2.18 bits per heavy atom. The molecule has 1 atom stereocenters. The van der Waals surface area contributed by atoms with Crippen molar-refractivity contribution in [3.8, 4) is 0 Å². The van der Waals surface area contributed by atoms with Gasteiger partial charge in [0.05, 0.1) is 0 Å². The second-order valence-corrected chi connectivity index (χ2v) is 10.7. The fraction of sp³-hybridized carbons (Fsp3) is 0.577. The van der Waals surface area contributed by atoms with Crippen LogP contribution in [0.15, 0.2) is 36.9 Å². The maximum absolute atomic E-state index is 13.5. The van der Waals surface area contributed by atoms with Crippen LogP contribution in [0, 0.1) is 5.92 Å². The minimum Gasteiger partial charge on any atom is -0.465 e. The molecular weight excluding hydrogens is 454 g/mol. The number of carboxylic acid groups (broad SMARTS) is 1. The number of nitrogens with one attached hydrogen (secondary N) is 2. The number of amides is 3. The van der Waals surface area contributed by atoms with E-state index in [0.717, 1.165) is 5.56 Å². The van der Waals surface area contributed by atoms with Crippen molar-refractivity contribution in [1.29, 1.82) is 0 Å². The maximum Gasteiger partial charge on any atom is 0.407 e. The second kappa shape index (κ2) is 11.7. The van der Waals surface area contributed by atoms with Gasteiger partial charge in [-0.05, 0) is 82.9 Å². The average molecular weight is 492 g/mol. The van der Waals surface area contributed by atoms with E-state index >= 15 is 0 Å². The number of allylic oxidation sites excluding steroid dienone is 1. The van der Waals surface area contributed by atoms with Gasteiger partial charge in [0.25, 0.3) is 0 Å². The molecule has 0 unspecified atom stereocenters. The topological polar surface area (TPSA) is 98.7 Å². The molecule has 1 aliphatic carbocycles.